The highest BCUT2D eigenvalue weighted by Gasteiger charge is 2.44. The molecule has 0 aliphatic carbocycles. The molecule has 1 saturated heterocycles. The molecule has 19 nitrogen and oxygen atoms in total. The van der Waals surface area contributed by atoms with Crippen LogP contribution in [0, 0.1) is 35.0 Å². The summed E-state index contributed by atoms with van der Waals surface area (Å²) in [6.07, 6.45) is 2.92. The minimum Gasteiger partial charge on any atom is -0.480 e. The zero-order valence-electron chi connectivity index (χ0n) is 45.6. The fourth-order valence-electron chi connectivity index (χ4n) is 10.1. The lowest BCUT2D eigenvalue weighted by atomic mass is 9.89. The number of benzene rings is 2. The molecule has 2 aromatic rings. The molecule has 2 aromatic carbocycles. The first kappa shape index (κ1) is 60.9. The molecule has 4 rings (SSSR count). The topological polar surface area (TPSA) is 245 Å². The average Bonchev–Trinajstić information content (AvgIpc) is 3.97. The van der Waals surface area contributed by atoms with Crippen LogP contribution in [0.3, 0.4) is 0 Å². The standard InChI is InChI=1S/C56H79N7O12/c1-12-36(6)50(43(73-10)31-46(65)62-29-19-22-42(62)51(74-11)37(7)52(67)58-41(56(71)72)30-38-20-15-13-16-21-38)61(9)55(70)48(34(2)3)59-53(68)49(35(4)5)60(8)45(64)23-17-14-18-28-63-47(66)32-44(54(63)69)75-40-26-24-39(33-57)25-27-40/h13,15-16,20-21,24-27,32,34-37,41-43,48-51H,12,14,17-19,22-23,28-31H2,1-11H3,(H,58,67)(H,59,68)(H,71,72)/t36-,37+,41-,42-,43+,48-,49-,50-,51+/m0/s1. The van der Waals surface area contributed by atoms with E-state index in [0.717, 1.165) is 16.5 Å². The van der Waals surface area contributed by atoms with E-state index in [1.807, 2.05) is 53.7 Å². The highest BCUT2D eigenvalue weighted by molar-refractivity contribution is 6.15. The third-order valence-electron chi connectivity index (χ3n) is 14.6. The number of carboxylic acid groups (broad SMARTS) is 1. The number of amides is 7. The summed E-state index contributed by atoms with van der Waals surface area (Å²) in [6.45, 7) is 13.4. The van der Waals surface area contributed by atoms with Crippen LogP contribution >= 0.6 is 0 Å². The number of imide groups is 1. The zero-order chi connectivity index (χ0) is 55.7. The van der Waals surface area contributed by atoms with Crippen LogP contribution in [0.15, 0.2) is 66.4 Å². The number of methoxy groups -OCH3 is 2. The zero-order valence-corrected chi connectivity index (χ0v) is 45.6. The summed E-state index contributed by atoms with van der Waals surface area (Å²) in [4.78, 5) is 114. The van der Waals surface area contributed by atoms with Crippen LogP contribution in [0.25, 0.3) is 0 Å². The average molecular weight is 1040 g/mol. The Morgan fingerprint density at radius 3 is 2.09 bits per heavy atom. The van der Waals surface area contributed by atoms with Crippen molar-refractivity contribution in [2.45, 2.75) is 149 Å². The molecule has 2 aliphatic heterocycles. The molecule has 0 aromatic heterocycles. The number of rotatable bonds is 29. The van der Waals surface area contributed by atoms with Gasteiger partial charge in [-0.2, -0.15) is 5.26 Å². The first-order valence-electron chi connectivity index (χ1n) is 26.1. The van der Waals surface area contributed by atoms with Gasteiger partial charge in [-0.05, 0) is 73.3 Å². The smallest absolute Gasteiger partial charge is 0.326 e. The maximum atomic E-state index is 14.7. The third-order valence-corrected chi connectivity index (χ3v) is 14.6. The van der Waals surface area contributed by atoms with Gasteiger partial charge in [-0.25, -0.2) is 4.79 Å². The van der Waals surface area contributed by atoms with Crippen molar-refractivity contribution >= 4 is 47.3 Å². The van der Waals surface area contributed by atoms with Gasteiger partial charge in [0.05, 0.1) is 54.3 Å². The molecule has 2 aliphatic rings. The Balaban J connectivity index is 1.36. The maximum Gasteiger partial charge on any atom is 0.326 e. The van der Waals surface area contributed by atoms with Gasteiger partial charge in [0.2, 0.25) is 29.5 Å². The van der Waals surface area contributed by atoms with Gasteiger partial charge in [0.25, 0.3) is 11.8 Å². The lowest BCUT2D eigenvalue weighted by Gasteiger charge is -2.41. The lowest BCUT2D eigenvalue weighted by molar-refractivity contribution is -0.149. The molecule has 0 spiro atoms. The van der Waals surface area contributed by atoms with Crippen molar-refractivity contribution in [2.75, 3.05) is 41.4 Å². The number of carboxylic acids is 1. The molecule has 2 heterocycles. The monoisotopic (exact) mass is 1040 g/mol. The van der Waals surface area contributed by atoms with Gasteiger partial charge in [-0.3, -0.25) is 38.5 Å². The Labute approximate surface area is 442 Å². The lowest BCUT2D eigenvalue weighted by Crippen LogP contribution is -2.60. The van der Waals surface area contributed by atoms with Crippen LogP contribution in [0.1, 0.15) is 111 Å². The molecule has 410 valence electrons. The van der Waals surface area contributed by atoms with Gasteiger partial charge in [0.15, 0.2) is 5.76 Å². The van der Waals surface area contributed by atoms with E-state index < -0.39 is 83.8 Å². The number of hydrogen-bond donors (Lipinski definition) is 3. The molecule has 19 heteroatoms. The Morgan fingerprint density at radius 1 is 0.853 bits per heavy atom. The summed E-state index contributed by atoms with van der Waals surface area (Å²) >= 11 is 0. The van der Waals surface area contributed by atoms with Crippen molar-refractivity contribution in [1.29, 1.82) is 5.26 Å². The number of nitriles is 1. The molecular weight excluding hydrogens is 963 g/mol. The Morgan fingerprint density at radius 2 is 1.52 bits per heavy atom. The Kier molecular flexibility index (Phi) is 23.4. The first-order chi connectivity index (χ1) is 35.6. The Bertz CT molecular complexity index is 2370. The van der Waals surface area contributed by atoms with Gasteiger partial charge in [-0.15, -0.1) is 0 Å². The van der Waals surface area contributed by atoms with Crippen LogP contribution in [0.2, 0.25) is 0 Å². The van der Waals surface area contributed by atoms with E-state index in [1.54, 1.807) is 67.2 Å². The molecule has 75 heavy (non-hydrogen) atoms. The predicted octanol–water partition coefficient (Wildman–Crippen LogP) is 5.11. The molecule has 3 N–H and O–H groups in total. The predicted molar refractivity (Wildman–Crippen MR) is 279 cm³/mol. The summed E-state index contributed by atoms with van der Waals surface area (Å²) in [7, 11) is 6.17. The summed E-state index contributed by atoms with van der Waals surface area (Å²) < 4.78 is 17.5. The van der Waals surface area contributed by atoms with E-state index in [9.17, 15) is 43.5 Å². The highest BCUT2D eigenvalue weighted by Crippen LogP contribution is 2.30. The number of ether oxygens (including phenoxy) is 3. The summed E-state index contributed by atoms with van der Waals surface area (Å²) in [5.74, 6) is -5.67. The van der Waals surface area contributed by atoms with Crippen molar-refractivity contribution in [1.82, 2.24) is 30.2 Å². The molecule has 0 radical (unpaired) electrons. The van der Waals surface area contributed by atoms with E-state index in [0.29, 0.717) is 56.4 Å². The molecule has 1 fully saturated rings. The quantitative estimate of drug-likeness (QED) is 0.0710. The van der Waals surface area contributed by atoms with E-state index >= 15 is 0 Å². The van der Waals surface area contributed by atoms with E-state index in [4.69, 9.17) is 19.5 Å². The molecule has 9 atom stereocenters. The second-order valence-corrected chi connectivity index (χ2v) is 20.5. The van der Waals surface area contributed by atoms with E-state index in [1.165, 1.54) is 31.3 Å². The number of aliphatic carboxylic acids is 1. The van der Waals surface area contributed by atoms with E-state index in [2.05, 4.69) is 10.6 Å². The highest BCUT2D eigenvalue weighted by atomic mass is 16.5. The van der Waals surface area contributed by atoms with Crippen molar-refractivity contribution in [3.8, 4) is 11.8 Å². The van der Waals surface area contributed by atoms with Crippen LogP contribution in [-0.2, 0) is 54.3 Å². The van der Waals surface area contributed by atoms with Crippen molar-refractivity contribution in [3.63, 3.8) is 0 Å². The van der Waals surface area contributed by atoms with Crippen LogP contribution in [0.5, 0.6) is 5.75 Å². The summed E-state index contributed by atoms with van der Waals surface area (Å²) in [5.41, 5.74) is 1.18. The number of likely N-dealkylation sites (N-methyl/N-ethyl adjacent to an activating group) is 2. The van der Waals surface area contributed by atoms with Gasteiger partial charge in [0, 0.05) is 54.2 Å². The minimum absolute atomic E-state index is 0.0938. The van der Waals surface area contributed by atoms with Crippen molar-refractivity contribution < 1.29 is 57.7 Å². The molecule has 7 amide bonds. The van der Waals surface area contributed by atoms with Gasteiger partial charge < -0.3 is 44.7 Å². The molecule has 0 bridgehead atoms. The first-order valence-corrected chi connectivity index (χ1v) is 26.1. The van der Waals surface area contributed by atoms with Crippen molar-refractivity contribution in [2.24, 2.45) is 23.7 Å². The number of hydrogen-bond acceptors (Lipinski definition) is 12. The largest absolute Gasteiger partial charge is 0.480 e. The van der Waals surface area contributed by atoms with Crippen LogP contribution in [0.4, 0.5) is 0 Å². The summed E-state index contributed by atoms with van der Waals surface area (Å²) in [6, 6.07) is 13.0. The fourth-order valence-corrected chi connectivity index (χ4v) is 10.1. The van der Waals surface area contributed by atoms with Gasteiger partial charge in [0.1, 0.15) is 23.9 Å². The second-order valence-electron chi connectivity index (χ2n) is 20.5. The number of nitrogens with one attached hydrogen (secondary N) is 2. The number of nitrogens with zero attached hydrogens (tertiary/aromatic N) is 5. The fraction of sp³-hybridized carbons (Fsp3) is 0.589. The Hall–Kier alpha value is -6.65. The molecule has 0 saturated carbocycles. The van der Waals surface area contributed by atoms with E-state index in [-0.39, 0.29) is 61.1 Å². The number of unbranched alkanes of at least 4 members (excludes halogenated alkanes) is 2. The van der Waals surface area contributed by atoms with Gasteiger partial charge in [-0.1, -0.05) is 91.6 Å². The number of carbonyl (C=O) groups is 8. The number of likely N-dealkylation sites (tertiary alicyclic amines) is 1. The van der Waals surface area contributed by atoms with Crippen LogP contribution < -0.4 is 15.4 Å². The normalized spacial score (nSPS) is 17.8. The minimum atomic E-state index is -1.17. The third kappa shape index (κ3) is 16.2. The second kappa shape index (κ2) is 28.9. The number of carbonyl (C=O) groups excluding carboxylic acids is 7. The summed E-state index contributed by atoms with van der Waals surface area (Å²) in [5, 5.41) is 24.6. The van der Waals surface area contributed by atoms with Crippen molar-refractivity contribution in [3.05, 3.63) is 77.6 Å². The van der Waals surface area contributed by atoms with Crippen LogP contribution in [-0.4, -0.2) is 156 Å². The molecular formula is C56H79N7O12. The molecule has 0 unspecified atom stereocenters. The maximum absolute atomic E-state index is 14.7. The SMILES string of the molecule is CC[C@H](C)[C@@H]([C@@H](CC(=O)N1CCC[C@H]1[C@H](OC)[C@@H](C)C(=O)N[C@@H](Cc1ccccc1)C(=O)O)OC)N(C)C(=O)[C@@H](NC(=O)[C@H](C(C)C)N(C)C(=O)CCCCCN1C(=O)C=C(Oc2ccc(C#N)cc2)C1=O)C(C)C. The van der Waals surface area contributed by atoms with Gasteiger partial charge >= 0.3 is 5.97 Å².